The van der Waals surface area contributed by atoms with Gasteiger partial charge in [0.05, 0.1) is 126 Å². The molecule has 21 heteroatoms. The quantitative estimate of drug-likeness (QED) is 0.0263. The Hall–Kier alpha value is -5.78. The summed E-state index contributed by atoms with van der Waals surface area (Å²) in [7, 11) is 3.25. The number of carbonyl (C=O) groups is 2. The standard InChI is InChI=1S/C50H73N9O12/c1-7-35-36(8-2)40-28-42-38(12-10-14-71-50(61)59-52)34(4)46(57-42)32-54-44-30-48(69-26-24-67-22-20-65-18-16-63-6)47(68-25-23-66-21-19-64-17-15-62-5)29-43(44)53-31-45-33(3)37(11-9-13-70-49(60)58-51)41(56-45)27-39(35)55-40/h27,29-32,42,55H,7-26,28,51-52H2,1-6H3,(H,58,60)(H,59,61). The van der Waals surface area contributed by atoms with Crippen LogP contribution in [0.1, 0.15) is 75.9 Å². The molecule has 21 nitrogen and oxygen atoms in total. The molecule has 2 aromatic rings. The van der Waals surface area contributed by atoms with Gasteiger partial charge in [-0.15, -0.1) is 0 Å². The topological polar surface area (TPSA) is 268 Å². The summed E-state index contributed by atoms with van der Waals surface area (Å²) in [4.78, 5) is 48.0. The number of rotatable bonds is 30. The van der Waals surface area contributed by atoms with Crippen LogP contribution in [-0.2, 0) is 57.2 Å². The Bertz CT molecular complexity index is 2280. The van der Waals surface area contributed by atoms with Crippen molar-refractivity contribution in [1.82, 2.24) is 15.8 Å². The van der Waals surface area contributed by atoms with Gasteiger partial charge < -0.3 is 52.4 Å². The molecule has 1 atom stereocenters. The van der Waals surface area contributed by atoms with E-state index in [1.165, 1.54) is 11.1 Å². The van der Waals surface area contributed by atoms with Gasteiger partial charge in [0.2, 0.25) is 0 Å². The van der Waals surface area contributed by atoms with Gasteiger partial charge in [-0.1, -0.05) is 13.8 Å². The predicted octanol–water partition coefficient (Wildman–Crippen LogP) is 5.93. The number of hydrogen-bond donors (Lipinski definition) is 5. The van der Waals surface area contributed by atoms with Gasteiger partial charge in [0.1, 0.15) is 13.2 Å². The minimum absolute atomic E-state index is 0.163. The van der Waals surface area contributed by atoms with Crippen molar-refractivity contribution in [3.63, 3.8) is 0 Å². The average molecular weight is 992 g/mol. The highest BCUT2D eigenvalue weighted by Crippen LogP contribution is 2.41. The highest BCUT2D eigenvalue weighted by Gasteiger charge is 2.28. The van der Waals surface area contributed by atoms with E-state index in [4.69, 9.17) is 79.0 Å². The maximum absolute atomic E-state index is 11.8. The maximum atomic E-state index is 11.8. The molecule has 0 saturated heterocycles. The Morgan fingerprint density at radius 3 is 1.69 bits per heavy atom. The SMILES string of the molecule is CCc1c2[nH]c(c1CC)CC1N=C(C=Nc3cc(OCCOCCOCCOC)c(OCCOCCOCCOC)cc3N=CC3=NC(=C2)C(CCCOC(=O)NN)=C3C)C(C)=C1CCCOC(=O)NN. The van der Waals surface area contributed by atoms with Crippen LogP contribution in [0.15, 0.2) is 60.1 Å². The number of hydrogen-bond acceptors (Lipinski definition) is 18. The smallest absolute Gasteiger partial charge is 0.421 e. The zero-order valence-corrected chi connectivity index (χ0v) is 42.2. The van der Waals surface area contributed by atoms with E-state index < -0.39 is 12.2 Å². The van der Waals surface area contributed by atoms with E-state index in [1.54, 1.807) is 38.8 Å². The Morgan fingerprint density at radius 2 is 1.17 bits per heavy atom. The summed E-state index contributed by atoms with van der Waals surface area (Å²) in [6.45, 7) is 13.3. The van der Waals surface area contributed by atoms with E-state index in [0.717, 1.165) is 57.9 Å². The first-order valence-electron chi connectivity index (χ1n) is 24.2. The average Bonchev–Trinajstić information content (AvgIpc) is 3.98. The Morgan fingerprint density at radius 1 is 0.662 bits per heavy atom. The molecule has 3 aliphatic heterocycles. The third-order valence-corrected chi connectivity index (χ3v) is 11.8. The summed E-state index contributed by atoms with van der Waals surface area (Å²) in [6, 6.07) is 3.37. The fourth-order valence-corrected chi connectivity index (χ4v) is 8.22. The molecule has 0 saturated carbocycles. The van der Waals surface area contributed by atoms with Crippen LogP contribution in [0.25, 0.3) is 6.08 Å². The lowest BCUT2D eigenvalue weighted by molar-refractivity contribution is 0.0160. The van der Waals surface area contributed by atoms with E-state index in [2.05, 4.69) is 31.8 Å². The molecular formula is C50H73N9O12. The fraction of sp³-hybridized carbons (Fsp3) is 0.560. The summed E-state index contributed by atoms with van der Waals surface area (Å²) >= 11 is 0. The molecule has 3 aliphatic rings. The number of aromatic nitrogens is 1. The van der Waals surface area contributed by atoms with Crippen molar-refractivity contribution in [1.29, 1.82) is 0 Å². The van der Waals surface area contributed by atoms with Gasteiger partial charge in [-0.25, -0.2) is 26.3 Å². The van der Waals surface area contributed by atoms with E-state index in [9.17, 15) is 9.59 Å². The Labute approximate surface area is 416 Å². The van der Waals surface area contributed by atoms with E-state index in [1.807, 2.05) is 17.8 Å². The molecule has 7 N–H and O–H groups in total. The molecule has 2 amide bonds. The molecular weight excluding hydrogens is 919 g/mol. The van der Waals surface area contributed by atoms with Crippen LogP contribution >= 0.6 is 0 Å². The third kappa shape index (κ3) is 17.2. The van der Waals surface area contributed by atoms with Crippen molar-refractivity contribution in [3.8, 4) is 11.5 Å². The van der Waals surface area contributed by atoms with Gasteiger partial charge in [0.25, 0.3) is 0 Å². The number of aliphatic imine (C=N–C) groups is 4. The van der Waals surface area contributed by atoms with Crippen LogP contribution < -0.4 is 32.0 Å². The van der Waals surface area contributed by atoms with Crippen LogP contribution in [0.5, 0.6) is 11.5 Å². The number of benzene rings is 1. The number of nitrogens with one attached hydrogen (secondary N) is 3. The predicted molar refractivity (Wildman–Crippen MR) is 272 cm³/mol. The molecule has 4 heterocycles. The number of amides is 2. The van der Waals surface area contributed by atoms with Crippen molar-refractivity contribution in [3.05, 3.63) is 62.6 Å². The maximum Gasteiger partial charge on any atom is 0.421 e. The van der Waals surface area contributed by atoms with Crippen molar-refractivity contribution in [2.45, 2.75) is 78.7 Å². The van der Waals surface area contributed by atoms with Gasteiger partial charge in [-0.3, -0.25) is 25.8 Å². The zero-order chi connectivity index (χ0) is 50.8. The summed E-state index contributed by atoms with van der Waals surface area (Å²) in [5, 5.41) is 0. The zero-order valence-electron chi connectivity index (χ0n) is 42.2. The number of H-pyrrole nitrogens is 1. The molecule has 0 fully saturated rings. The first-order chi connectivity index (χ1) is 34.6. The largest absolute Gasteiger partial charge is 0.487 e. The minimum Gasteiger partial charge on any atom is -0.487 e. The number of ether oxygens (including phenoxy) is 10. The summed E-state index contributed by atoms with van der Waals surface area (Å²) < 4.78 is 55.9. The van der Waals surface area contributed by atoms with Crippen LogP contribution in [0.3, 0.4) is 0 Å². The molecule has 0 aliphatic carbocycles. The minimum atomic E-state index is -0.699. The number of fused-ring (bicyclic) bond motifs is 5. The lowest BCUT2D eigenvalue weighted by Crippen LogP contribution is -2.30. The Kier molecular flexibility index (Phi) is 24.4. The molecule has 5 rings (SSSR count). The first kappa shape index (κ1) is 56.1. The first-order valence-corrected chi connectivity index (χ1v) is 24.2. The van der Waals surface area contributed by atoms with Crippen molar-refractivity contribution in [2.24, 2.45) is 31.7 Å². The number of nitrogens with two attached hydrogens (primary N) is 2. The summed E-state index contributed by atoms with van der Waals surface area (Å²) in [5.41, 5.74) is 15.7. The second-order valence-electron chi connectivity index (χ2n) is 16.4. The monoisotopic (exact) mass is 992 g/mol. The highest BCUT2D eigenvalue weighted by molar-refractivity contribution is 6.40. The van der Waals surface area contributed by atoms with Crippen molar-refractivity contribution in [2.75, 3.05) is 107 Å². The second-order valence-corrected chi connectivity index (χ2v) is 16.4. The number of aromatic amines is 1. The van der Waals surface area contributed by atoms with Gasteiger partial charge in [-0.2, -0.15) is 0 Å². The fourth-order valence-electron chi connectivity index (χ4n) is 8.22. The molecule has 71 heavy (non-hydrogen) atoms. The van der Waals surface area contributed by atoms with E-state index >= 15 is 0 Å². The molecule has 1 aromatic heterocycles. The molecule has 1 unspecified atom stereocenters. The third-order valence-electron chi connectivity index (χ3n) is 11.8. The van der Waals surface area contributed by atoms with E-state index in [-0.39, 0.29) is 32.5 Å². The van der Waals surface area contributed by atoms with Crippen LogP contribution in [-0.4, -0.2) is 154 Å². The lowest BCUT2D eigenvalue weighted by atomic mass is 9.93. The molecule has 0 radical (unpaired) electrons. The molecule has 1 aromatic carbocycles. The lowest BCUT2D eigenvalue weighted by Gasteiger charge is -2.15. The van der Waals surface area contributed by atoms with Crippen molar-refractivity contribution >= 4 is 53.5 Å². The van der Waals surface area contributed by atoms with Gasteiger partial charge in [0, 0.05) is 44.2 Å². The van der Waals surface area contributed by atoms with Crippen LogP contribution in [0.2, 0.25) is 0 Å². The number of carbonyl (C=O) groups excluding carboxylic acids is 2. The molecule has 390 valence electrons. The molecule has 0 spiro atoms. The number of hydrazine groups is 2. The second kappa shape index (κ2) is 30.8. The summed E-state index contributed by atoms with van der Waals surface area (Å²) in [6.07, 6.45) is 8.73. The Balaban J connectivity index is 1.57. The normalized spacial score (nSPS) is 15.3. The molecule has 6 bridgehead atoms. The number of methoxy groups -OCH3 is 2. The number of allylic oxidation sites excluding steroid dienone is 3. The van der Waals surface area contributed by atoms with Gasteiger partial charge in [0.15, 0.2) is 11.5 Å². The van der Waals surface area contributed by atoms with Crippen LogP contribution in [0.4, 0.5) is 21.0 Å². The highest BCUT2D eigenvalue weighted by atomic mass is 16.6. The van der Waals surface area contributed by atoms with E-state index in [0.29, 0.717) is 127 Å². The van der Waals surface area contributed by atoms with Gasteiger partial charge in [-0.05, 0) is 91.9 Å². The summed E-state index contributed by atoms with van der Waals surface area (Å²) in [5.74, 6) is 11.4. The van der Waals surface area contributed by atoms with Crippen molar-refractivity contribution < 1.29 is 57.0 Å². The van der Waals surface area contributed by atoms with Gasteiger partial charge >= 0.3 is 12.2 Å². The van der Waals surface area contributed by atoms with Crippen LogP contribution in [0, 0.1) is 0 Å². The number of nitrogens with zero attached hydrogens (tertiary/aromatic N) is 4.